The summed E-state index contributed by atoms with van der Waals surface area (Å²) >= 11 is 0. The highest BCUT2D eigenvalue weighted by atomic mass is 16.5. The Morgan fingerprint density at radius 2 is 2.21 bits per heavy atom. The molecule has 1 amide bonds. The van der Waals surface area contributed by atoms with E-state index in [2.05, 4.69) is 9.97 Å². The lowest BCUT2D eigenvalue weighted by atomic mass is 10.1. The Balaban J connectivity index is 2.32. The Kier molecular flexibility index (Phi) is 3.91. The molecule has 0 aromatic carbocycles. The maximum atomic E-state index is 11.3. The van der Waals surface area contributed by atoms with Gasteiger partial charge in [0.1, 0.15) is 0 Å². The molecule has 3 N–H and O–H groups in total. The minimum absolute atomic E-state index is 0.0415. The fourth-order valence-corrected chi connectivity index (χ4v) is 2.02. The Morgan fingerprint density at radius 3 is 2.89 bits per heavy atom. The van der Waals surface area contributed by atoms with E-state index in [4.69, 9.17) is 15.6 Å². The number of aliphatic carboxylic acids is 1. The summed E-state index contributed by atoms with van der Waals surface area (Å²) in [7, 11) is 0. The number of carboxylic acid groups (broad SMARTS) is 1. The monoisotopic (exact) mass is 266 g/mol. The average molecular weight is 266 g/mol. The molecule has 2 heterocycles. The predicted molar refractivity (Wildman–Crippen MR) is 64.8 cm³/mol. The van der Waals surface area contributed by atoms with Crippen LogP contribution in [-0.4, -0.2) is 52.8 Å². The number of carbonyl (C=O) groups is 2. The molecular formula is C11H14N4O4. The molecule has 8 nitrogen and oxygen atoms in total. The van der Waals surface area contributed by atoms with Gasteiger partial charge in [-0.1, -0.05) is 0 Å². The highest BCUT2D eigenvalue weighted by Crippen LogP contribution is 2.21. The topological polar surface area (TPSA) is 119 Å². The molecule has 1 atom stereocenters. The van der Waals surface area contributed by atoms with Gasteiger partial charge >= 0.3 is 5.97 Å². The van der Waals surface area contributed by atoms with Gasteiger partial charge in [0, 0.05) is 18.9 Å². The first-order chi connectivity index (χ1) is 9.09. The SMILES string of the molecule is NC(=O)c1nccnc1N1CCOCC1CC(=O)O. The van der Waals surface area contributed by atoms with Crippen LogP contribution in [0.15, 0.2) is 12.4 Å². The quantitative estimate of drug-likeness (QED) is 0.736. The van der Waals surface area contributed by atoms with Crippen LogP contribution >= 0.6 is 0 Å². The molecule has 0 saturated carbocycles. The number of primary amides is 1. The number of nitrogens with two attached hydrogens (primary N) is 1. The van der Waals surface area contributed by atoms with E-state index in [9.17, 15) is 9.59 Å². The number of amides is 1. The largest absolute Gasteiger partial charge is 0.481 e. The molecule has 1 saturated heterocycles. The van der Waals surface area contributed by atoms with Crippen molar-refractivity contribution in [3.8, 4) is 0 Å². The number of carboxylic acids is 1. The van der Waals surface area contributed by atoms with E-state index in [1.807, 2.05) is 0 Å². The molecule has 1 unspecified atom stereocenters. The average Bonchev–Trinajstić information content (AvgIpc) is 2.38. The van der Waals surface area contributed by atoms with E-state index in [0.29, 0.717) is 19.0 Å². The van der Waals surface area contributed by atoms with Crippen LogP contribution < -0.4 is 10.6 Å². The van der Waals surface area contributed by atoms with Gasteiger partial charge in [-0.25, -0.2) is 9.97 Å². The first kappa shape index (κ1) is 13.2. The normalized spacial score (nSPS) is 19.2. The maximum Gasteiger partial charge on any atom is 0.305 e. The summed E-state index contributed by atoms with van der Waals surface area (Å²) in [6, 6.07) is -0.388. The summed E-state index contributed by atoms with van der Waals surface area (Å²) in [6.45, 7) is 1.14. The van der Waals surface area contributed by atoms with Gasteiger partial charge in [-0.15, -0.1) is 0 Å². The summed E-state index contributed by atoms with van der Waals surface area (Å²) in [6.07, 6.45) is 2.71. The zero-order valence-electron chi connectivity index (χ0n) is 10.2. The van der Waals surface area contributed by atoms with Crippen molar-refractivity contribution in [3.63, 3.8) is 0 Å². The molecule has 0 radical (unpaired) electrons. The molecule has 102 valence electrons. The molecule has 0 spiro atoms. The minimum Gasteiger partial charge on any atom is -0.481 e. The molecule has 1 aromatic heterocycles. The Bertz CT molecular complexity index is 493. The molecule has 1 aromatic rings. The van der Waals surface area contributed by atoms with Crippen LogP contribution in [0.3, 0.4) is 0 Å². The second kappa shape index (κ2) is 5.61. The fourth-order valence-electron chi connectivity index (χ4n) is 2.02. The number of carbonyl (C=O) groups excluding carboxylic acids is 1. The molecule has 1 aliphatic heterocycles. The Labute approximate surface area is 109 Å². The lowest BCUT2D eigenvalue weighted by molar-refractivity contribution is -0.138. The van der Waals surface area contributed by atoms with Gasteiger partial charge < -0.3 is 20.5 Å². The lowest BCUT2D eigenvalue weighted by Crippen LogP contribution is -2.48. The van der Waals surface area contributed by atoms with E-state index < -0.39 is 11.9 Å². The minimum atomic E-state index is -0.940. The number of aromatic nitrogens is 2. The van der Waals surface area contributed by atoms with Gasteiger partial charge in [0.2, 0.25) is 0 Å². The second-order valence-electron chi connectivity index (χ2n) is 4.11. The highest BCUT2D eigenvalue weighted by molar-refractivity contribution is 5.95. The third-order valence-electron chi connectivity index (χ3n) is 2.82. The number of ether oxygens (including phenoxy) is 1. The molecule has 1 fully saturated rings. The van der Waals surface area contributed by atoms with Crippen molar-refractivity contribution in [2.24, 2.45) is 5.73 Å². The smallest absolute Gasteiger partial charge is 0.305 e. The molecule has 1 aliphatic rings. The van der Waals surface area contributed by atoms with Crippen molar-refractivity contribution in [1.29, 1.82) is 0 Å². The molecule has 0 bridgehead atoms. The van der Waals surface area contributed by atoms with E-state index in [0.717, 1.165) is 0 Å². The van der Waals surface area contributed by atoms with Crippen molar-refractivity contribution in [1.82, 2.24) is 9.97 Å². The van der Waals surface area contributed by atoms with E-state index >= 15 is 0 Å². The van der Waals surface area contributed by atoms with Crippen LogP contribution in [0.25, 0.3) is 0 Å². The maximum absolute atomic E-state index is 11.3. The van der Waals surface area contributed by atoms with Gasteiger partial charge in [0.05, 0.1) is 25.7 Å². The highest BCUT2D eigenvalue weighted by Gasteiger charge is 2.29. The zero-order valence-corrected chi connectivity index (χ0v) is 10.2. The third kappa shape index (κ3) is 2.97. The van der Waals surface area contributed by atoms with Crippen molar-refractivity contribution >= 4 is 17.7 Å². The van der Waals surface area contributed by atoms with Crippen LogP contribution in [0.1, 0.15) is 16.9 Å². The van der Waals surface area contributed by atoms with E-state index in [1.54, 1.807) is 4.90 Å². The summed E-state index contributed by atoms with van der Waals surface area (Å²) in [5.41, 5.74) is 5.29. The van der Waals surface area contributed by atoms with Crippen LogP contribution in [0.4, 0.5) is 5.82 Å². The van der Waals surface area contributed by atoms with Gasteiger partial charge in [-0.05, 0) is 0 Å². The molecule has 2 rings (SSSR count). The van der Waals surface area contributed by atoms with Gasteiger partial charge in [0.25, 0.3) is 5.91 Å². The lowest BCUT2D eigenvalue weighted by Gasteiger charge is -2.36. The van der Waals surface area contributed by atoms with Crippen LogP contribution in [0, 0.1) is 0 Å². The van der Waals surface area contributed by atoms with Gasteiger partial charge in [0.15, 0.2) is 11.5 Å². The second-order valence-corrected chi connectivity index (χ2v) is 4.11. The van der Waals surface area contributed by atoms with Crippen molar-refractivity contribution in [3.05, 3.63) is 18.1 Å². The van der Waals surface area contributed by atoms with Crippen LogP contribution in [0.2, 0.25) is 0 Å². The van der Waals surface area contributed by atoms with Gasteiger partial charge in [-0.3, -0.25) is 9.59 Å². The van der Waals surface area contributed by atoms with Crippen molar-refractivity contribution in [2.45, 2.75) is 12.5 Å². The summed E-state index contributed by atoms with van der Waals surface area (Å²) in [5.74, 6) is -1.32. The van der Waals surface area contributed by atoms with Crippen LogP contribution in [0.5, 0.6) is 0 Å². The number of morpholine rings is 1. The number of rotatable bonds is 4. The standard InChI is InChI=1S/C11H14N4O4/c12-10(18)9-11(14-2-1-13-9)15-3-4-19-6-7(15)5-8(16)17/h1-2,7H,3-6H2,(H2,12,18)(H,16,17). The zero-order chi connectivity index (χ0) is 13.8. The van der Waals surface area contributed by atoms with Crippen molar-refractivity contribution < 1.29 is 19.4 Å². The number of hydrogen-bond acceptors (Lipinski definition) is 6. The molecule has 8 heteroatoms. The number of nitrogens with zero attached hydrogens (tertiary/aromatic N) is 3. The van der Waals surface area contributed by atoms with E-state index in [1.165, 1.54) is 12.4 Å². The van der Waals surface area contributed by atoms with Gasteiger partial charge in [-0.2, -0.15) is 0 Å². The number of hydrogen-bond donors (Lipinski definition) is 2. The molecule has 0 aliphatic carbocycles. The number of anilines is 1. The first-order valence-electron chi connectivity index (χ1n) is 5.76. The summed E-state index contributed by atoms with van der Waals surface area (Å²) < 4.78 is 5.27. The van der Waals surface area contributed by atoms with Crippen molar-refractivity contribution in [2.75, 3.05) is 24.7 Å². The molecule has 19 heavy (non-hydrogen) atoms. The van der Waals surface area contributed by atoms with Crippen LogP contribution in [-0.2, 0) is 9.53 Å². The Hall–Kier alpha value is -2.22. The predicted octanol–water partition coefficient (Wildman–Crippen LogP) is -0.745. The first-order valence-corrected chi connectivity index (χ1v) is 5.76. The fraction of sp³-hybridized carbons (Fsp3) is 0.455. The van der Waals surface area contributed by atoms with E-state index in [-0.39, 0.29) is 24.8 Å². The molecular weight excluding hydrogens is 252 g/mol. The Morgan fingerprint density at radius 1 is 1.47 bits per heavy atom. The summed E-state index contributed by atoms with van der Waals surface area (Å²) in [5, 5.41) is 8.90. The summed E-state index contributed by atoms with van der Waals surface area (Å²) in [4.78, 5) is 31.9. The third-order valence-corrected chi connectivity index (χ3v) is 2.82.